The van der Waals surface area contributed by atoms with Gasteiger partial charge in [0.05, 0.1) is 22.5 Å². The molecule has 2 heterocycles. The first-order valence-electron chi connectivity index (χ1n) is 11.1. The van der Waals surface area contributed by atoms with Gasteiger partial charge in [-0.25, -0.2) is 4.39 Å². The van der Waals surface area contributed by atoms with Crippen LogP contribution >= 0.6 is 23.4 Å². The van der Waals surface area contributed by atoms with Gasteiger partial charge in [0.15, 0.2) is 11.0 Å². The molecule has 174 valence electrons. The predicted octanol–water partition coefficient (Wildman–Crippen LogP) is 5.65. The average Bonchev–Trinajstić information content (AvgIpc) is 3.24. The number of anilines is 1. The van der Waals surface area contributed by atoms with Gasteiger partial charge in [0.1, 0.15) is 5.82 Å². The van der Waals surface area contributed by atoms with E-state index in [1.54, 1.807) is 18.2 Å². The van der Waals surface area contributed by atoms with Gasteiger partial charge < -0.3 is 5.32 Å². The van der Waals surface area contributed by atoms with E-state index in [1.807, 2.05) is 23.6 Å². The molecule has 6 nitrogen and oxygen atoms in total. The maximum Gasteiger partial charge on any atom is 0.234 e. The number of nitrogens with zero attached hydrogens (tertiary/aromatic N) is 4. The lowest BCUT2D eigenvalue weighted by Crippen LogP contribution is -2.33. The van der Waals surface area contributed by atoms with E-state index in [0.29, 0.717) is 15.9 Å². The summed E-state index contributed by atoms with van der Waals surface area (Å²) in [5.74, 6) is 0.431. The minimum Gasteiger partial charge on any atom is -0.324 e. The Kier molecular flexibility index (Phi) is 7.67. The van der Waals surface area contributed by atoms with Crippen molar-refractivity contribution in [1.29, 1.82) is 0 Å². The third kappa shape index (κ3) is 5.75. The second kappa shape index (κ2) is 10.7. The summed E-state index contributed by atoms with van der Waals surface area (Å²) in [7, 11) is 0. The van der Waals surface area contributed by atoms with E-state index in [-0.39, 0.29) is 23.5 Å². The van der Waals surface area contributed by atoms with Gasteiger partial charge in [0, 0.05) is 5.69 Å². The molecular formula is C24H27ClFN5OS. The Balaban J connectivity index is 1.55. The van der Waals surface area contributed by atoms with Crippen molar-refractivity contribution < 1.29 is 9.18 Å². The maximum atomic E-state index is 13.6. The lowest BCUT2D eigenvalue weighted by atomic mass is 10.1. The summed E-state index contributed by atoms with van der Waals surface area (Å²) < 4.78 is 15.5. The highest BCUT2D eigenvalue weighted by Crippen LogP contribution is 2.30. The van der Waals surface area contributed by atoms with Crippen molar-refractivity contribution in [3.63, 3.8) is 0 Å². The third-order valence-corrected chi connectivity index (χ3v) is 7.03. The van der Waals surface area contributed by atoms with Crippen molar-refractivity contribution in [2.24, 2.45) is 0 Å². The number of thioether (sulfide) groups is 1. The molecule has 1 atom stereocenters. The van der Waals surface area contributed by atoms with E-state index < -0.39 is 0 Å². The fraction of sp³-hybridized carbons (Fsp3) is 0.375. The first-order valence-corrected chi connectivity index (χ1v) is 12.4. The summed E-state index contributed by atoms with van der Waals surface area (Å²) in [6, 6.07) is 11.8. The molecule has 1 saturated heterocycles. The lowest BCUT2D eigenvalue weighted by Gasteiger charge is -2.31. The second-order valence-electron chi connectivity index (χ2n) is 8.25. The van der Waals surface area contributed by atoms with E-state index >= 15 is 0 Å². The molecule has 33 heavy (non-hydrogen) atoms. The molecule has 1 aliphatic rings. The van der Waals surface area contributed by atoms with Crippen LogP contribution in [0.4, 0.5) is 10.1 Å². The Bertz CT molecular complexity index is 1110. The Hall–Kier alpha value is -2.42. The first kappa shape index (κ1) is 23.7. The average molecular weight is 488 g/mol. The molecule has 0 bridgehead atoms. The van der Waals surface area contributed by atoms with Gasteiger partial charge in [-0.3, -0.25) is 14.3 Å². The topological polar surface area (TPSA) is 63.1 Å². The van der Waals surface area contributed by atoms with Crippen molar-refractivity contribution in [2.45, 2.75) is 44.3 Å². The van der Waals surface area contributed by atoms with Gasteiger partial charge >= 0.3 is 0 Å². The number of benzene rings is 2. The largest absolute Gasteiger partial charge is 0.324 e. The van der Waals surface area contributed by atoms with Crippen LogP contribution in [0.3, 0.4) is 0 Å². The SMILES string of the molecule is Cc1ccc(NC(=O)CSc2nnc(C(C)N3CCCCC3)n2-c2ccc(F)cc2)c(Cl)c1. The van der Waals surface area contributed by atoms with Crippen molar-refractivity contribution >= 4 is 35.0 Å². The molecule has 4 rings (SSSR count). The molecule has 0 radical (unpaired) electrons. The van der Waals surface area contributed by atoms with Crippen LogP contribution < -0.4 is 5.32 Å². The standard InChI is InChI=1S/C24H27ClFN5OS/c1-16-6-11-21(20(25)14-16)27-22(32)15-33-24-29-28-23(17(2)30-12-4-3-5-13-30)31(24)19-9-7-18(26)8-10-19/h6-11,14,17H,3-5,12-13,15H2,1-2H3,(H,27,32). The zero-order valence-corrected chi connectivity index (χ0v) is 20.3. The number of hydrogen-bond donors (Lipinski definition) is 1. The molecule has 0 aliphatic carbocycles. The molecule has 1 unspecified atom stereocenters. The van der Waals surface area contributed by atoms with Crippen LogP contribution in [0.25, 0.3) is 5.69 Å². The van der Waals surface area contributed by atoms with Crippen molar-refractivity contribution in [3.8, 4) is 5.69 Å². The number of carbonyl (C=O) groups excluding carboxylic acids is 1. The van der Waals surface area contributed by atoms with Crippen LogP contribution in [0, 0.1) is 12.7 Å². The van der Waals surface area contributed by atoms with Crippen molar-refractivity contribution in [2.75, 3.05) is 24.2 Å². The molecule has 3 aromatic rings. The number of likely N-dealkylation sites (tertiary alicyclic amines) is 1. The summed E-state index contributed by atoms with van der Waals surface area (Å²) in [5.41, 5.74) is 2.37. The summed E-state index contributed by atoms with van der Waals surface area (Å²) in [4.78, 5) is 15.0. The number of carbonyl (C=O) groups is 1. The van der Waals surface area contributed by atoms with Crippen LogP contribution in [0.15, 0.2) is 47.6 Å². The summed E-state index contributed by atoms with van der Waals surface area (Å²) in [5, 5.41) is 12.8. The van der Waals surface area contributed by atoms with E-state index in [4.69, 9.17) is 11.6 Å². The molecule has 1 aliphatic heterocycles. The zero-order valence-electron chi connectivity index (χ0n) is 18.7. The first-order chi connectivity index (χ1) is 15.9. The summed E-state index contributed by atoms with van der Waals surface area (Å²) in [6.07, 6.45) is 3.58. The number of amides is 1. The van der Waals surface area contributed by atoms with Gasteiger partial charge in [-0.05, 0) is 81.7 Å². The Morgan fingerprint density at radius 2 is 1.88 bits per heavy atom. The molecular weight excluding hydrogens is 461 g/mol. The Labute approximate surface area is 202 Å². The zero-order chi connectivity index (χ0) is 23.4. The smallest absolute Gasteiger partial charge is 0.234 e. The third-order valence-electron chi connectivity index (χ3n) is 5.79. The highest BCUT2D eigenvalue weighted by atomic mass is 35.5. The number of halogens is 2. The number of hydrogen-bond acceptors (Lipinski definition) is 5. The minimum absolute atomic E-state index is 0.0531. The fourth-order valence-corrected chi connectivity index (χ4v) is 5.03. The Morgan fingerprint density at radius 1 is 1.15 bits per heavy atom. The minimum atomic E-state index is -0.305. The lowest BCUT2D eigenvalue weighted by molar-refractivity contribution is -0.113. The number of aromatic nitrogens is 3. The molecule has 1 fully saturated rings. The van der Waals surface area contributed by atoms with Gasteiger partial charge in [-0.2, -0.15) is 0 Å². The van der Waals surface area contributed by atoms with E-state index in [0.717, 1.165) is 30.2 Å². The van der Waals surface area contributed by atoms with Gasteiger partial charge in [-0.15, -0.1) is 10.2 Å². The highest BCUT2D eigenvalue weighted by molar-refractivity contribution is 7.99. The molecule has 1 aromatic heterocycles. The maximum absolute atomic E-state index is 13.6. The fourth-order valence-electron chi connectivity index (χ4n) is 3.98. The van der Waals surface area contributed by atoms with Gasteiger partial charge in [0.2, 0.25) is 5.91 Å². The molecule has 9 heteroatoms. The van der Waals surface area contributed by atoms with Crippen LogP contribution in [0.5, 0.6) is 0 Å². The van der Waals surface area contributed by atoms with E-state index in [2.05, 4.69) is 27.3 Å². The molecule has 2 aromatic carbocycles. The van der Waals surface area contributed by atoms with Crippen LogP contribution in [-0.2, 0) is 4.79 Å². The van der Waals surface area contributed by atoms with Crippen molar-refractivity contribution in [1.82, 2.24) is 19.7 Å². The normalized spacial score (nSPS) is 15.4. The molecule has 1 N–H and O–H groups in total. The van der Waals surface area contributed by atoms with Crippen LogP contribution in [0.2, 0.25) is 5.02 Å². The van der Waals surface area contributed by atoms with Crippen LogP contribution in [0.1, 0.15) is 43.6 Å². The monoisotopic (exact) mass is 487 g/mol. The summed E-state index contributed by atoms with van der Waals surface area (Å²) in [6.45, 7) is 6.09. The van der Waals surface area contributed by atoms with Crippen LogP contribution in [-0.4, -0.2) is 44.4 Å². The molecule has 0 saturated carbocycles. The second-order valence-corrected chi connectivity index (χ2v) is 9.60. The van der Waals surface area contributed by atoms with E-state index in [9.17, 15) is 9.18 Å². The predicted molar refractivity (Wildman–Crippen MR) is 131 cm³/mol. The highest BCUT2D eigenvalue weighted by Gasteiger charge is 2.26. The molecule has 0 spiro atoms. The number of piperidine rings is 1. The Morgan fingerprint density at radius 3 is 2.58 bits per heavy atom. The molecule has 1 amide bonds. The number of rotatable bonds is 7. The van der Waals surface area contributed by atoms with Crippen molar-refractivity contribution in [3.05, 3.63) is 64.7 Å². The summed E-state index contributed by atoms with van der Waals surface area (Å²) >= 11 is 7.53. The van der Waals surface area contributed by atoms with Gasteiger partial charge in [0.25, 0.3) is 0 Å². The number of aryl methyl sites for hydroxylation is 1. The quantitative estimate of drug-likeness (QED) is 0.436. The number of nitrogens with one attached hydrogen (secondary N) is 1. The van der Waals surface area contributed by atoms with E-state index in [1.165, 1.54) is 43.2 Å². The van der Waals surface area contributed by atoms with Gasteiger partial charge in [-0.1, -0.05) is 35.9 Å².